The lowest BCUT2D eigenvalue weighted by Gasteiger charge is -2.09. The van der Waals surface area contributed by atoms with Crippen LogP contribution in [0.25, 0.3) is 6.08 Å². The maximum Gasteiger partial charge on any atom is 0.339 e. The predicted octanol–water partition coefficient (Wildman–Crippen LogP) is 3.71. The molecule has 0 saturated carbocycles. The molecule has 4 nitrogen and oxygen atoms in total. The number of esters is 1. The molecule has 1 N–H and O–H groups in total. The second-order valence-electron chi connectivity index (χ2n) is 5.00. The van der Waals surface area contributed by atoms with Gasteiger partial charge in [0.25, 0.3) is 0 Å². The number of ether oxygens (including phenoxy) is 1. The van der Waals surface area contributed by atoms with E-state index in [4.69, 9.17) is 0 Å². The summed E-state index contributed by atoms with van der Waals surface area (Å²) in [4.78, 5) is 23.7. The minimum atomic E-state index is -0.773. The van der Waals surface area contributed by atoms with Crippen LogP contribution in [0.3, 0.4) is 0 Å². The van der Waals surface area contributed by atoms with E-state index in [-0.39, 0.29) is 16.8 Å². The van der Waals surface area contributed by atoms with Crippen molar-refractivity contribution >= 4 is 23.6 Å². The Morgan fingerprint density at radius 2 is 1.79 bits per heavy atom. The Balaban J connectivity index is 2.21. The molecule has 0 fully saturated rings. The lowest BCUT2D eigenvalue weighted by atomic mass is 10.1. The van der Waals surface area contributed by atoms with Crippen LogP contribution in [-0.2, 0) is 9.53 Å². The standard InChI is InChI=1S/C18H15F2NO3/c1-11-6-8-16(13(10-11)18(23)24-2)21-17(22)9-7-12-14(19)4-3-5-15(12)20/h3-10H,1-2H3,(H,21,22)/b9-7+. The summed E-state index contributed by atoms with van der Waals surface area (Å²) in [5.74, 6) is -2.78. The fourth-order valence-corrected chi connectivity index (χ4v) is 2.05. The molecule has 0 saturated heterocycles. The molecule has 0 heterocycles. The van der Waals surface area contributed by atoms with Crippen LogP contribution in [0.5, 0.6) is 0 Å². The number of amides is 1. The number of carbonyl (C=O) groups excluding carboxylic acids is 2. The Labute approximate surface area is 137 Å². The van der Waals surface area contributed by atoms with Crippen LogP contribution in [0.15, 0.2) is 42.5 Å². The monoisotopic (exact) mass is 331 g/mol. The van der Waals surface area contributed by atoms with E-state index in [2.05, 4.69) is 10.1 Å². The smallest absolute Gasteiger partial charge is 0.339 e. The number of benzene rings is 2. The predicted molar refractivity (Wildman–Crippen MR) is 86.5 cm³/mol. The summed E-state index contributed by atoms with van der Waals surface area (Å²) in [6, 6.07) is 8.25. The van der Waals surface area contributed by atoms with Crippen molar-refractivity contribution in [2.24, 2.45) is 0 Å². The van der Waals surface area contributed by atoms with Gasteiger partial charge in [-0.05, 0) is 37.3 Å². The van der Waals surface area contributed by atoms with Crippen LogP contribution in [0.2, 0.25) is 0 Å². The molecule has 2 rings (SSSR count). The van der Waals surface area contributed by atoms with Gasteiger partial charge in [-0.1, -0.05) is 17.7 Å². The number of hydrogen-bond acceptors (Lipinski definition) is 3. The summed E-state index contributed by atoms with van der Waals surface area (Å²) in [7, 11) is 1.23. The third kappa shape index (κ3) is 4.04. The van der Waals surface area contributed by atoms with Crippen molar-refractivity contribution < 1.29 is 23.1 Å². The van der Waals surface area contributed by atoms with Crippen molar-refractivity contribution in [3.8, 4) is 0 Å². The van der Waals surface area contributed by atoms with Crippen molar-refractivity contribution in [3.05, 3.63) is 70.8 Å². The molecule has 24 heavy (non-hydrogen) atoms. The molecular weight excluding hydrogens is 316 g/mol. The number of carbonyl (C=O) groups is 2. The van der Waals surface area contributed by atoms with E-state index in [0.29, 0.717) is 0 Å². The molecule has 2 aromatic rings. The highest BCUT2D eigenvalue weighted by Crippen LogP contribution is 2.19. The zero-order valence-corrected chi connectivity index (χ0v) is 13.1. The number of rotatable bonds is 4. The zero-order valence-electron chi connectivity index (χ0n) is 13.1. The second-order valence-corrected chi connectivity index (χ2v) is 5.00. The highest BCUT2D eigenvalue weighted by atomic mass is 19.1. The van der Waals surface area contributed by atoms with E-state index in [0.717, 1.165) is 29.8 Å². The Morgan fingerprint density at radius 1 is 1.12 bits per heavy atom. The fourth-order valence-electron chi connectivity index (χ4n) is 2.05. The molecule has 0 aliphatic carbocycles. The molecule has 0 bridgehead atoms. The Bertz CT molecular complexity index is 796. The van der Waals surface area contributed by atoms with Crippen LogP contribution >= 0.6 is 0 Å². The van der Waals surface area contributed by atoms with Gasteiger partial charge in [0, 0.05) is 11.6 Å². The highest BCUT2D eigenvalue weighted by molar-refractivity contribution is 6.06. The molecule has 0 unspecified atom stereocenters. The zero-order chi connectivity index (χ0) is 17.7. The van der Waals surface area contributed by atoms with E-state index in [1.807, 2.05) is 0 Å². The van der Waals surface area contributed by atoms with Gasteiger partial charge in [0.15, 0.2) is 0 Å². The van der Waals surface area contributed by atoms with Gasteiger partial charge in [0.2, 0.25) is 5.91 Å². The third-order valence-corrected chi connectivity index (χ3v) is 3.24. The normalized spacial score (nSPS) is 10.7. The van der Waals surface area contributed by atoms with Crippen molar-refractivity contribution in [1.82, 2.24) is 0 Å². The molecule has 1 amide bonds. The summed E-state index contributed by atoms with van der Waals surface area (Å²) in [5, 5.41) is 2.49. The number of anilines is 1. The van der Waals surface area contributed by atoms with Gasteiger partial charge in [0.1, 0.15) is 11.6 Å². The maximum absolute atomic E-state index is 13.5. The number of nitrogens with one attached hydrogen (secondary N) is 1. The minimum Gasteiger partial charge on any atom is -0.465 e. The lowest BCUT2D eigenvalue weighted by Crippen LogP contribution is -2.13. The first-order valence-corrected chi connectivity index (χ1v) is 7.04. The third-order valence-electron chi connectivity index (χ3n) is 3.24. The lowest BCUT2D eigenvalue weighted by molar-refractivity contribution is -0.111. The van der Waals surface area contributed by atoms with Crippen LogP contribution in [0.1, 0.15) is 21.5 Å². The largest absolute Gasteiger partial charge is 0.465 e. The first kappa shape index (κ1) is 17.3. The molecule has 6 heteroatoms. The van der Waals surface area contributed by atoms with Gasteiger partial charge in [-0.25, -0.2) is 13.6 Å². The summed E-state index contributed by atoms with van der Waals surface area (Å²) < 4.78 is 31.7. The average molecular weight is 331 g/mol. The molecule has 0 radical (unpaired) electrons. The minimum absolute atomic E-state index is 0.191. The first-order chi connectivity index (χ1) is 11.4. The van der Waals surface area contributed by atoms with Crippen LogP contribution in [-0.4, -0.2) is 19.0 Å². The van der Waals surface area contributed by atoms with Gasteiger partial charge in [-0.2, -0.15) is 0 Å². The Hall–Kier alpha value is -3.02. The molecule has 0 atom stereocenters. The number of aryl methyl sites for hydroxylation is 1. The molecular formula is C18H15F2NO3. The Morgan fingerprint density at radius 3 is 2.42 bits per heavy atom. The average Bonchev–Trinajstić information content (AvgIpc) is 2.55. The molecule has 2 aromatic carbocycles. The fraction of sp³-hybridized carbons (Fsp3) is 0.111. The highest BCUT2D eigenvalue weighted by Gasteiger charge is 2.13. The van der Waals surface area contributed by atoms with Gasteiger partial charge in [-0.3, -0.25) is 4.79 Å². The van der Waals surface area contributed by atoms with E-state index < -0.39 is 23.5 Å². The van der Waals surface area contributed by atoms with Crippen LogP contribution < -0.4 is 5.32 Å². The van der Waals surface area contributed by atoms with E-state index in [1.165, 1.54) is 13.2 Å². The van der Waals surface area contributed by atoms with Crippen molar-refractivity contribution in [1.29, 1.82) is 0 Å². The van der Waals surface area contributed by atoms with Crippen molar-refractivity contribution in [2.45, 2.75) is 6.92 Å². The summed E-state index contributed by atoms with van der Waals surface area (Å²) in [6.07, 6.45) is 2.02. The van der Waals surface area contributed by atoms with Gasteiger partial charge in [-0.15, -0.1) is 0 Å². The molecule has 0 aromatic heterocycles. The Kier molecular flexibility index (Phi) is 5.42. The van der Waals surface area contributed by atoms with Crippen LogP contribution in [0, 0.1) is 18.6 Å². The van der Waals surface area contributed by atoms with E-state index in [9.17, 15) is 18.4 Å². The second kappa shape index (κ2) is 7.50. The van der Waals surface area contributed by atoms with Crippen molar-refractivity contribution in [3.63, 3.8) is 0 Å². The maximum atomic E-state index is 13.5. The van der Waals surface area contributed by atoms with Crippen molar-refractivity contribution in [2.75, 3.05) is 12.4 Å². The first-order valence-electron chi connectivity index (χ1n) is 7.04. The molecule has 0 aliphatic heterocycles. The number of halogens is 2. The van der Waals surface area contributed by atoms with Gasteiger partial charge >= 0.3 is 5.97 Å². The number of methoxy groups -OCH3 is 1. The topological polar surface area (TPSA) is 55.4 Å². The summed E-state index contributed by atoms with van der Waals surface area (Å²) >= 11 is 0. The molecule has 0 aliphatic rings. The summed E-state index contributed by atoms with van der Waals surface area (Å²) in [6.45, 7) is 1.79. The van der Waals surface area contributed by atoms with E-state index in [1.54, 1.807) is 25.1 Å². The SMILES string of the molecule is COC(=O)c1cc(C)ccc1NC(=O)/C=C/c1c(F)cccc1F. The van der Waals surface area contributed by atoms with Gasteiger partial charge in [0.05, 0.1) is 18.4 Å². The summed E-state index contributed by atoms with van der Waals surface area (Å²) in [5.41, 5.74) is 0.939. The molecule has 0 spiro atoms. The quantitative estimate of drug-likeness (QED) is 0.686. The number of hydrogen-bond donors (Lipinski definition) is 1. The van der Waals surface area contributed by atoms with Crippen LogP contribution in [0.4, 0.5) is 14.5 Å². The van der Waals surface area contributed by atoms with E-state index >= 15 is 0 Å². The molecule has 124 valence electrons. The van der Waals surface area contributed by atoms with Gasteiger partial charge < -0.3 is 10.1 Å².